The largest absolute Gasteiger partial charge is 0.444 e. The zero-order valence-electron chi connectivity index (χ0n) is 11.8. The summed E-state index contributed by atoms with van der Waals surface area (Å²) in [7, 11) is 0. The van der Waals surface area contributed by atoms with Gasteiger partial charge in [0.2, 0.25) is 0 Å². The third-order valence-electron chi connectivity index (χ3n) is 3.72. The van der Waals surface area contributed by atoms with Gasteiger partial charge in [0.1, 0.15) is 11.4 Å². The Morgan fingerprint density at radius 3 is 2.28 bits per heavy atom. The van der Waals surface area contributed by atoms with Gasteiger partial charge in [-0.25, -0.2) is 4.79 Å². The van der Waals surface area contributed by atoms with Gasteiger partial charge in [-0.2, -0.15) is 0 Å². The molecule has 4 heteroatoms. The Bertz CT molecular complexity index is 356. The molecule has 0 unspecified atom stereocenters. The molecular weight excluding hydrogens is 230 g/mol. The molecule has 4 nitrogen and oxygen atoms in total. The lowest BCUT2D eigenvalue weighted by Crippen LogP contribution is -2.64. The van der Waals surface area contributed by atoms with Crippen molar-refractivity contribution in [1.82, 2.24) is 4.90 Å². The molecule has 1 saturated heterocycles. The summed E-state index contributed by atoms with van der Waals surface area (Å²) in [6, 6.07) is 0. The fourth-order valence-electron chi connectivity index (χ4n) is 3.19. The van der Waals surface area contributed by atoms with E-state index >= 15 is 0 Å². The van der Waals surface area contributed by atoms with E-state index in [1.807, 2.05) is 20.8 Å². The van der Waals surface area contributed by atoms with Crippen LogP contribution in [-0.4, -0.2) is 35.5 Å². The number of likely N-dealkylation sites (tertiary alicyclic amines) is 1. The van der Waals surface area contributed by atoms with Crippen LogP contribution in [0.2, 0.25) is 0 Å². The first-order valence-electron chi connectivity index (χ1n) is 6.67. The second-order valence-corrected chi connectivity index (χ2v) is 7.02. The molecule has 0 aromatic heterocycles. The molecule has 1 spiro atoms. The summed E-state index contributed by atoms with van der Waals surface area (Å²) in [4.78, 5) is 24.6. The normalized spacial score (nSPS) is 22.3. The van der Waals surface area contributed by atoms with Gasteiger partial charge in [-0.3, -0.25) is 0 Å². The highest BCUT2D eigenvalue weighted by Gasteiger charge is 2.54. The van der Waals surface area contributed by atoms with E-state index in [0.29, 0.717) is 17.8 Å². The molecule has 2 rings (SSSR count). The van der Waals surface area contributed by atoms with Gasteiger partial charge in [0.05, 0.1) is 0 Å². The minimum absolute atomic E-state index is 0.205. The van der Waals surface area contributed by atoms with Crippen LogP contribution < -0.4 is 0 Å². The zero-order chi connectivity index (χ0) is 13.6. The molecule has 1 amide bonds. The molecule has 1 aliphatic heterocycles. The second-order valence-electron chi connectivity index (χ2n) is 7.02. The van der Waals surface area contributed by atoms with Crippen molar-refractivity contribution in [3.05, 3.63) is 0 Å². The minimum Gasteiger partial charge on any atom is -0.444 e. The summed E-state index contributed by atoms with van der Waals surface area (Å²) in [6.07, 6.45) is 2.68. The highest BCUT2D eigenvalue weighted by Crippen LogP contribution is 2.53. The van der Waals surface area contributed by atoms with Crippen molar-refractivity contribution < 1.29 is 14.3 Å². The van der Waals surface area contributed by atoms with Crippen molar-refractivity contribution in [3.63, 3.8) is 0 Å². The Balaban J connectivity index is 1.72. The van der Waals surface area contributed by atoms with Gasteiger partial charge in [0, 0.05) is 24.9 Å². The van der Waals surface area contributed by atoms with Crippen LogP contribution in [0.25, 0.3) is 0 Å². The van der Waals surface area contributed by atoms with Crippen LogP contribution >= 0.6 is 0 Å². The van der Waals surface area contributed by atoms with E-state index in [2.05, 4.69) is 0 Å². The molecule has 1 aliphatic carbocycles. The predicted octanol–water partition coefficient (Wildman–Crippen LogP) is 2.61. The smallest absolute Gasteiger partial charge is 0.410 e. The van der Waals surface area contributed by atoms with Crippen LogP contribution in [0.5, 0.6) is 0 Å². The number of nitrogens with zero attached hydrogens (tertiary/aromatic N) is 1. The zero-order valence-corrected chi connectivity index (χ0v) is 11.8. The Labute approximate surface area is 109 Å². The molecule has 0 aromatic carbocycles. The van der Waals surface area contributed by atoms with E-state index in [4.69, 9.17) is 4.74 Å². The van der Waals surface area contributed by atoms with E-state index in [-0.39, 0.29) is 11.9 Å². The minimum atomic E-state index is -0.420. The van der Waals surface area contributed by atoms with Crippen molar-refractivity contribution in [2.24, 2.45) is 11.3 Å². The average Bonchev–Trinajstić information content (AvgIpc) is 2.02. The maximum absolute atomic E-state index is 11.8. The monoisotopic (exact) mass is 253 g/mol. The molecule has 0 N–H and O–H groups in total. The van der Waals surface area contributed by atoms with Gasteiger partial charge in [-0.1, -0.05) is 0 Å². The van der Waals surface area contributed by atoms with Gasteiger partial charge in [0.25, 0.3) is 0 Å². The summed E-state index contributed by atoms with van der Waals surface area (Å²) < 4.78 is 5.33. The predicted molar refractivity (Wildman–Crippen MR) is 68.3 cm³/mol. The number of amides is 1. The molecule has 2 aliphatic rings. The number of ether oxygens (including phenoxy) is 1. The van der Waals surface area contributed by atoms with E-state index in [9.17, 15) is 9.59 Å². The van der Waals surface area contributed by atoms with Crippen molar-refractivity contribution in [1.29, 1.82) is 0 Å². The Morgan fingerprint density at radius 1 is 1.28 bits per heavy atom. The summed E-state index contributed by atoms with van der Waals surface area (Å²) in [5, 5.41) is 0. The van der Waals surface area contributed by atoms with Gasteiger partial charge in [-0.05, 0) is 46.5 Å². The van der Waals surface area contributed by atoms with Crippen LogP contribution in [0.3, 0.4) is 0 Å². The Morgan fingerprint density at radius 2 is 1.83 bits per heavy atom. The third-order valence-corrected chi connectivity index (χ3v) is 3.72. The fraction of sp³-hybridized carbons (Fsp3) is 0.857. The lowest BCUT2D eigenvalue weighted by Gasteiger charge is -2.58. The molecule has 0 aromatic rings. The van der Waals surface area contributed by atoms with Crippen LogP contribution in [0.1, 0.15) is 47.0 Å². The van der Waals surface area contributed by atoms with Gasteiger partial charge in [-0.15, -0.1) is 0 Å². The fourth-order valence-corrected chi connectivity index (χ4v) is 3.19. The van der Waals surface area contributed by atoms with Gasteiger partial charge in [0.15, 0.2) is 0 Å². The second kappa shape index (κ2) is 4.25. The number of ketones is 1. The molecule has 1 saturated carbocycles. The number of rotatable bonds is 2. The van der Waals surface area contributed by atoms with E-state index in [1.165, 1.54) is 0 Å². The molecule has 0 bridgehead atoms. The summed E-state index contributed by atoms with van der Waals surface area (Å²) >= 11 is 0. The summed E-state index contributed by atoms with van der Waals surface area (Å²) in [5.74, 6) is 0.821. The topological polar surface area (TPSA) is 46.6 Å². The van der Waals surface area contributed by atoms with E-state index in [0.717, 1.165) is 25.9 Å². The van der Waals surface area contributed by atoms with E-state index in [1.54, 1.807) is 11.8 Å². The average molecular weight is 253 g/mol. The standard InChI is InChI=1S/C14H23NO3/c1-10(16)5-11-6-14(7-11)8-15(9-14)12(17)18-13(2,3)4/h11H,5-9H2,1-4H3. The van der Waals surface area contributed by atoms with Crippen LogP contribution in [0, 0.1) is 11.3 Å². The molecular formula is C14H23NO3. The Kier molecular flexibility index (Phi) is 3.16. The van der Waals surface area contributed by atoms with Crippen molar-refractivity contribution in [2.75, 3.05) is 13.1 Å². The molecule has 1 heterocycles. The SMILES string of the molecule is CC(=O)CC1CC2(C1)CN(C(=O)OC(C)(C)C)C2. The van der Waals surface area contributed by atoms with Crippen molar-refractivity contribution >= 4 is 11.9 Å². The quantitative estimate of drug-likeness (QED) is 0.760. The molecule has 0 radical (unpaired) electrons. The first-order valence-corrected chi connectivity index (χ1v) is 6.67. The first kappa shape index (κ1) is 13.4. The molecule has 18 heavy (non-hydrogen) atoms. The van der Waals surface area contributed by atoms with Gasteiger partial charge >= 0.3 is 6.09 Å². The van der Waals surface area contributed by atoms with Crippen LogP contribution in [0.4, 0.5) is 4.79 Å². The summed E-state index contributed by atoms with van der Waals surface area (Å²) in [6.45, 7) is 8.90. The number of Topliss-reactive ketones (excluding diaryl/α,β-unsaturated/α-hetero) is 1. The van der Waals surface area contributed by atoms with Crippen molar-refractivity contribution in [2.45, 2.75) is 52.6 Å². The van der Waals surface area contributed by atoms with Gasteiger partial charge < -0.3 is 14.4 Å². The maximum atomic E-state index is 11.8. The number of carbonyl (C=O) groups excluding carboxylic acids is 2. The lowest BCUT2D eigenvalue weighted by molar-refractivity contribution is -0.125. The molecule has 0 atom stereocenters. The first-order chi connectivity index (χ1) is 8.19. The number of hydrogen-bond donors (Lipinski definition) is 0. The van der Waals surface area contributed by atoms with Crippen molar-refractivity contribution in [3.8, 4) is 0 Å². The highest BCUT2D eigenvalue weighted by atomic mass is 16.6. The number of hydrogen-bond acceptors (Lipinski definition) is 3. The maximum Gasteiger partial charge on any atom is 0.410 e. The lowest BCUT2D eigenvalue weighted by atomic mass is 9.57. The molecule has 102 valence electrons. The number of carbonyl (C=O) groups is 2. The third kappa shape index (κ3) is 2.85. The van der Waals surface area contributed by atoms with Crippen LogP contribution in [-0.2, 0) is 9.53 Å². The van der Waals surface area contributed by atoms with E-state index < -0.39 is 5.60 Å². The summed E-state index contributed by atoms with van der Waals surface area (Å²) in [5.41, 5.74) is -0.117. The highest BCUT2D eigenvalue weighted by molar-refractivity contribution is 5.76. The Hall–Kier alpha value is -1.06. The van der Waals surface area contributed by atoms with Crippen LogP contribution in [0.15, 0.2) is 0 Å². The molecule has 2 fully saturated rings.